The largest absolute Gasteiger partial charge is 0.291 e. The van der Waals surface area contributed by atoms with Crippen LogP contribution in [-0.4, -0.2) is 20.9 Å². The number of hydrogen-bond donors (Lipinski definition) is 0. The van der Waals surface area contributed by atoms with E-state index in [2.05, 4.69) is 15.1 Å². The number of aryl methyl sites for hydroxylation is 2. The van der Waals surface area contributed by atoms with E-state index in [1.54, 1.807) is 12.1 Å². The summed E-state index contributed by atoms with van der Waals surface area (Å²) in [7, 11) is 0. The van der Waals surface area contributed by atoms with Crippen LogP contribution in [0.5, 0.6) is 0 Å². The fraction of sp³-hybridized carbons (Fsp3) is 0.111. The molecule has 0 unspecified atom stereocenters. The summed E-state index contributed by atoms with van der Waals surface area (Å²) in [5.41, 5.74) is 3.06. The van der Waals surface area contributed by atoms with E-state index in [9.17, 15) is 9.18 Å². The van der Waals surface area contributed by atoms with Crippen LogP contribution < -0.4 is 5.56 Å². The summed E-state index contributed by atoms with van der Waals surface area (Å²) < 4.78 is 14.6. The number of rotatable bonds is 2. The Kier molecular flexibility index (Phi) is 3.65. The zero-order valence-electron chi connectivity index (χ0n) is 13.5. The predicted octanol–water partition coefficient (Wildman–Crippen LogP) is 3.64. The molecule has 0 aliphatic rings. The van der Waals surface area contributed by atoms with Gasteiger partial charge in [-0.3, -0.25) is 4.79 Å². The summed E-state index contributed by atoms with van der Waals surface area (Å²) in [6, 6.07) is 7.84. The minimum absolute atomic E-state index is 0.247. The van der Waals surface area contributed by atoms with E-state index in [1.807, 2.05) is 19.9 Å². The average molecular weight is 352 g/mol. The third kappa shape index (κ3) is 2.72. The first-order valence-electron chi connectivity index (χ1n) is 7.61. The number of thiophene rings is 1. The molecule has 0 amide bonds. The third-order valence-electron chi connectivity index (χ3n) is 3.86. The Morgan fingerprint density at radius 1 is 1.24 bits per heavy atom. The first-order valence-corrected chi connectivity index (χ1v) is 8.42. The molecule has 5 nitrogen and oxygen atoms in total. The zero-order valence-corrected chi connectivity index (χ0v) is 14.3. The van der Waals surface area contributed by atoms with E-state index in [1.165, 1.54) is 40.7 Å². The van der Waals surface area contributed by atoms with Crippen LogP contribution in [-0.2, 0) is 0 Å². The third-order valence-corrected chi connectivity index (χ3v) is 4.92. The van der Waals surface area contributed by atoms with Crippen molar-refractivity contribution in [2.45, 2.75) is 13.8 Å². The quantitative estimate of drug-likeness (QED) is 0.518. The van der Waals surface area contributed by atoms with Crippen molar-refractivity contribution in [3.63, 3.8) is 0 Å². The molecule has 25 heavy (non-hydrogen) atoms. The van der Waals surface area contributed by atoms with Gasteiger partial charge in [-0.25, -0.2) is 14.4 Å². The highest BCUT2D eigenvalue weighted by Gasteiger charge is 2.14. The lowest BCUT2D eigenvalue weighted by Gasteiger charge is -1.99. The molecule has 0 radical (unpaired) electrons. The molecule has 1 aromatic carbocycles. The molecule has 4 aromatic rings. The second-order valence-electron chi connectivity index (χ2n) is 5.73. The zero-order chi connectivity index (χ0) is 17.6. The number of aromatic nitrogens is 3. The number of halogens is 1. The summed E-state index contributed by atoms with van der Waals surface area (Å²) in [5, 5.41) is 5.06. The van der Waals surface area contributed by atoms with E-state index >= 15 is 0 Å². The molecule has 4 rings (SSSR count). The molecule has 0 N–H and O–H groups in total. The van der Waals surface area contributed by atoms with Gasteiger partial charge in [0, 0.05) is 11.1 Å². The fourth-order valence-electron chi connectivity index (χ4n) is 2.72. The van der Waals surface area contributed by atoms with E-state index in [4.69, 9.17) is 0 Å². The molecular formula is C18H13FN4OS. The Morgan fingerprint density at radius 2 is 2.00 bits per heavy atom. The second kappa shape index (κ2) is 5.86. The molecule has 0 atom stereocenters. The highest BCUT2D eigenvalue weighted by atomic mass is 32.1. The van der Waals surface area contributed by atoms with Crippen molar-refractivity contribution in [2.24, 2.45) is 5.10 Å². The molecule has 0 aliphatic heterocycles. The van der Waals surface area contributed by atoms with Crippen LogP contribution in [0.2, 0.25) is 0 Å². The van der Waals surface area contributed by atoms with E-state index < -0.39 is 0 Å². The molecule has 0 aliphatic carbocycles. The van der Waals surface area contributed by atoms with Gasteiger partial charge in [-0.1, -0.05) is 12.1 Å². The van der Waals surface area contributed by atoms with Crippen molar-refractivity contribution in [3.05, 3.63) is 69.7 Å². The van der Waals surface area contributed by atoms with Gasteiger partial charge >= 0.3 is 0 Å². The van der Waals surface area contributed by atoms with Crippen molar-refractivity contribution in [1.82, 2.24) is 14.6 Å². The monoisotopic (exact) mass is 352 g/mol. The summed E-state index contributed by atoms with van der Waals surface area (Å²) >= 11 is 1.32. The molecule has 7 heteroatoms. The van der Waals surface area contributed by atoms with Gasteiger partial charge in [0.05, 0.1) is 11.7 Å². The van der Waals surface area contributed by atoms with Crippen LogP contribution in [0.3, 0.4) is 0 Å². The smallest absolute Gasteiger partial charge is 0.266 e. The number of fused-ring (bicyclic) bond motifs is 3. The highest BCUT2D eigenvalue weighted by molar-refractivity contribution is 7.25. The normalized spacial score (nSPS) is 11.8. The van der Waals surface area contributed by atoms with Gasteiger partial charge in [-0.05, 0) is 43.2 Å². The van der Waals surface area contributed by atoms with Gasteiger partial charge < -0.3 is 0 Å². The molecule has 124 valence electrons. The first-order chi connectivity index (χ1) is 12.0. The Balaban J connectivity index is 1.85. The maximum Gasteiger partial charge on any atom is 0.291 e. The van der Waals surface area contributed by atoms with Gasteiger partial charge in [-0.2, -0.15) is 9.78 Å². The van der Waals surface area contributed by atoms with Gasteiger partial charge in [0.2, 0.25) is 0 Å². The Morgan fingerprint density at radius 3 is 2.76 bits per heavy atom. The summed E-state index contributed by atoms with van der Waals surface area (Å²) in [6.45, 7) is 3.92. The summed E-state index contributed by atoms with van der Waals surface area (Å²) in [4.78, 5) is 22.4. The molecule has 0 bridgehead atoms. The Labute approximate surface area is 146 Å². The van der Waals surface area contributed by atoms with Gasteiger partial charge in [0.1, 0.15) is 21.7 Å². The molecule has 0 saturated carbocycles. The minimum Gasteiger partial charge on any atom is -0.266 e. The van der Waals surface area contributed by atoms with Gasteiger partial charge in [0.15, 0.2) is 0 Å². The van der Waals surface area contributed by atoms with Crippen LogP contribution in [0.25, 0.3) is 20.4 Å². The van der Waals surface area contributed by atoms with Crippen molar-refractivity contribution in [3.8, 4) is 0 Å². The second-order valence-corrected chi connectivity index (χ2v) is 6.73. The maximum absolute atomic E-state index is 12.9. The van der Waals surface area contributed by atoms with Crippen LogP contribution >= 0.6 is 11.3 Å². The molecule has 0 saturated heterocycles. The Hall–Kier alpha value is -2.93. The fourth-order valence-corrected chi connectivity index (χ4v) is 3.89. The Bertz CT molecular complexity index is 1190. The van der Waals surface area contributed by atoms with Crippen molar-refractivity contribution in [1.29, 1.82) is 0 Å². The lowest BCUT2D eigenvalue weighted by Crippen LogP contribution is -2.15. The number of pyridine rings is 1. The maximum atomic E-state index is 12.9. The van der Waals surface area contributed by atoms with Crippen LogP contribution in [0, 0.1) is 19.7 Å². The van der Waals surface area contributed by atoms with Gasteiger partial charge in [-0.15, -0.1) is 11.3 Å². The van der Waals surface area contributed by atoms with Crippen LogP contribution in [0.15, 0.2) is 46.6 Å². The van der Waals surface area contributed by atoms with E-state index in [0.29, 0.717) is 15.8 Å². The van der Waals surface area contributed by atoms with Gasteiger partial charge in [0.25, 0.3) is 5.56 Å². The number of nitrogens with zero attached hydrogens (tertiary/aromatic N) is 4. The van der Waals surface area contributed by atoms with Crippen molar-refractivity contribution < 1.29 is 4.39 Å². The van der Waals surface area contributed by atoms with E-state index in [0.717, 1.165) is 21.5 Å². The molecular weight excluding hydrogens is 339 g/mol. The van der Waals surface area contributed by atoms with Crippen LogP contribution in [0.1, 0.15) is 16.8 Å². The SMILES string of the molecule is Cc1cc(C)c2c(n1)sc1c(=O)n(N=Cc3ccc(F)cc3)cnc12. The number of hydrogen-bond acceptors (Lipinski definition) is 5. The topological polar surface area (TPSA) is 60.1 Å². The molecule has 3 aromatic heterocycles. The van der Waals surface area contributed by atoms with Crippen molar-refractivity contribution >= 4 is 38.0 Å². The lowest BCUT2D eigenvalue weighted by atomic mass is 10.1. The highest BCUT2D eigenvalue weighted by Crippen LogP contribution is 2.31. The summed E-state index contributed by atoms with van der Waals surface area (Å²) in [5.74, 6) is -0.319. The average Bonchev–Trinajstić information content (AvgIpc) is 2.95. The van der Waals surface area contributed by atoms with Crippen molar-refractivity contribution in [2.75, 3.05) is 0 Å². The lowest BCUT2D eigenvalue weighted by molar-refractivity contribution is 0.628. The van der Waals surface area contributed by atoms with E-state index in [-0.39, 0.29) is 11.4 Å². The molecule has 3 heterocycles. The number of benzene rings is 1. The molecule has 0 fully saturated rings. The summed E-state index contributed by atoms with van der Waals surface area (Å²) in [6.07, 6.45) is 2.89. The first kappa shape index (κ1) is 15.6. The predicted molar refractivity (Wildman–Crippen MR) is 98.0 cm³/mol. The minimum atomic E-state index is -0.319. The molecule has 0 spiro atoms. The van der Waals surface area contributed by atoms with Crippen LogP contribution in [0.4, 0.5) is 4.39 Å². The standard InChI is InChI=1S/C18H13FN4OS/c1-10-7-11(2)22-17-14(10)15-16(25-17)18(24)23(9-20-15)21-8-12-3-5-13(19)6-4-12/h3-9H,1-2H3.